The molecule has 0 aliphatic rings. The molecule has 0 saturated heterocycles. The maximum atomic E-state index is 12.0. The molecular weight excluding hydrogens is 260 g/mol. The largest absolute Gasteiger partial charge is 0.370 e. The molecule has 0 unspecified atom stereocenters. The summed E-state index contributed by atoms with van der Waals surface area (Å²) in [6.07, 6.45) is 4.37. The number of anilines is 2. The monoisotopic (exact) mass is 276 g/mol. The minimum atomic E-state index is -0.170. The average molecular weight is 276 g/mol. The highest BCUT2D eigenvalue weighted by molar-refractivity contribution is 7.15. The van der Waals surface area contributed by atoms with Gasteiger partial charge in [-0.2, -0.15) is 0 Å². The van der Waals surface area contributed by atoms with Crippen LogP contribution in [0.3, 0.4) is 0 Å². The van der Waals surface area contributed by atoms with E-state index in [1.54, 1.807) is 24.5 Å². The summed E-state index contributed by atoms with van der Waals surface area (Å²) in [6, 6.07) is 3.43. The Morgan fingerprint density at radius 1 is 1.42 bits per heavy atom. The van der Waals surface area contributed by atoms with E-state index < -0.39 is 0 Å². The second kappa shape index (κ2) is 6.29. The van der Waals surface area contributed by atoms with Gasteiger partial charge in [-0.1, -0.05) is 6.92 Å². The molecule has 19 heavy (non-hydrogen) atoms. The van der Waals surface area contributed by atoms with E-state index in [2.05, 4.69) is 27.5 Å². The number of rotatable bonds is 5. The van der Waals surface area contributed by atoms with Crippen LogP contribution in [-0.2, 0) is 0 Å². The van der Waals surface area contributed by atoms with Crippen LogP contribution in [0.4, 0.5) is 10.9 Å². The first kappa shape index (κ1) is 13.5. The lowest BCUT2D eigenvalue weighted by molar-refractivity contribution is 0.102. The fourth-order valence-corrected chi connectivity index (χ4v) is 2.16. The summed E-state index contributed by atoms with van der Waals surface area (Å²) in [5, 5.41) is 6.54. The summed E-state index contributed by atoms with van der Waals surface area (Å²) in [6.45, 7) is 4.87. The summed E-state index contributed by atoms with van der Waals surface area (Å²) < 4.78 is 0. The van der Waals surface area contributed by atoms with E-state index in [9.17, 15) is 4.79 Å². The minimum absolute atomic E-state index is 0.170. The number of aryl methyl sites for hydroxylation is 1. The minimum Gasteiger partial charge on any atom is -0.370 e. The summed E-state index contributed by atoms with van der Waals surface area (Å²) in [5.74, 6) is 0.543. The molecule has 2 aromatic heterocycles. The first-order chi connectivity index (χ1) is 9.19. The zero-order valence-corrected chi connectivity index (χ0v) is 11.8. The van der Waals surface area contributed by atoms with Gasteiger partial charge < -0.3 is 5.32 Å². The van der Waals surface area contributed by atoms with Crippen LogP contribution in [0.2, 0.25) is 0 Å². The van der Waals surface area contributed by atoms with E-state index >= 15 is 0 Å². The molecular formula is C13H16N4OS. The third-order valence-electron chi connectivity index (χ3n) is 2.42. The lowest BCUT2D eigenvalue weighted by atomic mass is 10.2. The summed E-state index contributed by atoms with van der Waals surface area (Å²) >= 11 is 1.45. The standard InChI is InChI=1S/C13H16N4OS/c1-3-5-14-11-7-10(4-6-15-11)12(18)17-13-16-8-9(2)19-13/h4,6-8H,3,5H2,1-2H3,(H,14,15)(H,16,17,18). The normalized spacial score (nSPS) is 10.2. The van der Waals surface area contributed by atoms with Crippen LogP contribution in [0, 0.1) is 6.92 Å². The number of nitrogens with one attached hydrogen (secondary N) is 2. The maximum Gasteiger partial charge on any atom is 0.257 e. The average Bonchev–Trinajstić information content (AvgIpc) is 2.82. The summed E-state index contributed by atoms with van der Waals surface area (Å²) in [7, 11) is 0. The quantitative estimate of drug-likeness (QED) is 0.881. The number of thiazole rings is 1. The molecule has 2 rings (SSSR count). The van der Waals surface area contributed by atoms with Crippen molar-refractivity contribution in [1.29, 1.82) is 0 Å². The van der Waals surface area contributed by atoms with Crippen LogP contribution in [0.1, 0.15) is 28.6 Å². The zero-order valence-electron chi connectivity index (χ0n) is 10.9. The molecule has 0 fully saturated rings. The third-order valence-corrected chi connectivity index (χ3v) is 3.25. The first-order valence-electron chi connectivity index (χ1n) is 6.12. The predicted molar refractivity (Wildman–Crippen MR) is 77.8 cm³/mol. The van der Waals surface area contributed by atoms with Crippen molar-refractivity contribution in [1.82, 2.24) is 9.97 Å². The van der Waals surface area contributed by atoms with Gasteiger partial charge in [0.05, 0.1) is 0 Å². The number of pyridine rings is 1. The van der Waals surface area contributed by atoms with Gasteiger partial charge >= 0.3 is 0 Å². The Hall–Kier alpha value is -1.95. The number of aromatic nitrogens is 2. The van der Waals surface area contributed by atoms with Crippen molar-refractivity contribution < 1.29 is 4.79 Å². The van der Waals surface area contributed by atoms with Crippen LogP contribution in [0.25, 0.3) is 0 Å². The van der Waals surface area contributed by atoms with E-state index in [0.717, 1.165) is 17.8 Å². The molecule has 0 atom stereocenters. The lowest BCUT2D eigenvalue weighted by Crippen LogP contribution is -2.12. The van der Waals surface area contributed by atoms with Crippen molar-refractivity contribution in [3.63, 3.8) is 0 Å². The molecule has 0 spiro atoms. The first-order valence-corrected chi connectivity index (χ1v) is 6.94. The van der Waals surface area contributed by atoms with E-state index in [0.29, 0.717) is 16.5 Å². The Morgan fingerprint density at radius 3 is 2.95 bits per heavy atom. The molecule has 2 heterocycles. The fourth-order valence-electron chi connectivity index (χ4n) is 1.50. The van der Waals surface area contributed by atoms with Crippen LogP contribution in [-0.4, -0.2) is 22.4 Å². The molecule has 0 radical (unpaired) electrons. The van der Waals surface area contributed by atoms with E-state index in [4.69, 9.17) is 0 Å². The van der Waals surface area contributed by atoms with Crippen molar-refractivity contribution in [2.45, 2.75) is 20.3 Å². The summed E-state index contributed by atoms with van der Waals surface area (Å²) in [5.41, 5.74) is 0.571. The van der Waals surface area contributed by atoms with Crippen molar-refractivity contribution in [2.24, 2.45) is 0 Å². The van der Waals surface area contributed by atoms with Gasteiger partial charge in [-0.15, -0.1) is 11.3 Å². The third kappa shape index (κ3) is 3.75. The summed E-state index contributed by atoms with van der Waals surface area (Å²) in [4.78, 5) is 21.4. The Kier molecular flexibility index (Phi) is 4.46. The fraction of sp³-hybridized carbons (Fsp3) is 0.308. The molecule has 6 heteroatoms. The second-order valence-corrected chi connectivity index (χ2v) is 5.32. The van der Waals surface area contributed by atoms with Gasteiger partial charge in [0.1, 0.15) is 5.82 Å². The predicted octanol–water partition coefficient (Wildman–Crippen LogP) is 2.92. The number of hydrogen-bond donors (Lipinski definition) is 2. The number of nitrogens with zero attached hydrogens (tertiary/aromatic N) is 2. The van der Waals surface area contributed by atoms with Gasteiger partial charge in [-0.3, -0.25) is 10.1 Å². The number of carbonyl (C=O) groups excluding carboxylic acids is 1. The molecule has 1 amide bonds. The number of carbonyl (C=O) groups is 1. The molecule has 0 bridgehead atoms. The van der Waals surface area contributed by atoms with Gasteiger partial charge in [0, 0.05) is 29.4 Å². The SMILES string of the molecule is CCCNc1cc(C(=O)Nc2ncc(C)s2)ccn1. The van der Waals surface area contributed by atoms with Gasteiger partial charge in [0.25, 0.3) is 5.91 Å². The molecule has 2 N–H and O–H groups in total. The van der Waals surface area contributed by atoms with Crippen molar-refractivity contribution in [2.75, 3.05) is 17.2 Å². The van der Waals surface area contributed by atoms with Crippen LogP contribution < -0.4 is 10.6 Å². The molecule has 5 nitrogen and oxygen atoms in total. The topological polar surface area (TPSA) is 66.9 Å². The van der Waals surface area contributed by atoms with E-state index in [1.165, 1.54) is 11.3 Å². The van der Waals surface area contributed by atoms with Crippen LogP contribution in [0.5, 0.6) is 0 Å². The molecule has 100 valence electrons. The Labute approximate surface area is 116 Å². The highest BCUT2D eigenvalue weighted by Gasteiger charge is 2.09. The molecule has 2 aromatic rings. The molecule has 0 aromatic carbocycles. The van der Waals surface area contributed by atoms with Gasteiger partial charge in [0.2, 0.25) is 0 Å². The smallest absolute Gasteiger partial charge is 0.257 e. The molecule has 0 aliphatic heterocycles. The highest BCUT2D eigenvalue weighted by atomic mass is 32.1. The number of hydrogen-bond acceptors (Lipinski definition) is 5. The Morgan fingerprint density at radius 2 is 2.26 bits per heavy atom. The highest BCUT2D eigenvalue weighted by Crippen LogP contribution is 2.17. The van der Waals surface area contributed by atoms with Gasteiger partial charge in [0.15, 0.2) is 5.13 Å². The zero-order chi connectivity index (χ0) is 13.7. The van der Waals surface area contributed by atoms with Crippen molar-refractivity contribution in [3.05, 3.63) is 35.0 Å². The number of amides is 1. The van der Waals surface area contributed by atoms with Crippen molar-refractivity contribution in [3.8, 4) is 0 Å². The molecule has 0 saturated carbocycles. The molecule has 0 aliphatic carbocycles. The Balaban J connectivity index is 2.06. The lowest BCUT2D eigenvalue weighted by Gasteiger charge is -2.06. The van der Waals surface area contributed by atoms with E-state index in [-0.39, 0.29) is 5.91 Å². The second-order valence-electron chi connectivity index (χ2n) is 4.09. The van der Waals surface area contributed by atoms with Gasteiger partial charge in [-0.05, 0) is 25.5 Å². The van der Waals surface area contributed by atoms with Gasteiger partial charge in [-0.25, -0.2) is 9.97 Å². The Bertz CT molecular complexity index is 567. The van der Waals surface area contributed by atoms with Crippen LogP contribution in [0.15, 0.2) is 24.5 Å². The van der Waals surface area contributed by atoms with E-state index in [1.807, 2.05) is 6.92 Å². The maximum absolute atomic E-state index is 12.0. The van der Waals surface area contributed by atoms with Crippen molar-refractivity contribution >= 4 is 28.2 Å². The van der Waals surface area contributed by atoms with Crippen LogP contribution >= 0.6 is 11.3 Å².